The Morgan fingerprint density at radius 1 is 1.17 bits per heavy atom. The molecule has 2 heterocycles. The number of carbonyl (C=O) groups excluding carboxylic acids is 1. The molecule has 0 unspecified atom stereocenters. The first-order valence-corrected chi connectivity index (χ1v) is 8.17. The van der Waals surface area contributed by atoms with Crippen molar-refractivity contribution in [3.8, 4) is 5.75 Å². The Labute approximate surface area is 142 Å². The van der Waals surface area contributed by atoms with Gasteiger partial charge in [-0.05, 0) is 45.2 Å². The molecule has 1 aromatic carbocycles. The van der Waals surface area contributed by atoms with Crippen molar-refractivity contribution in [2.24, 2.45) is 0 Å². The quantitative estimate of drug-likeness (QED) is 0.861. The van der Waals surface area contributed by atoms with Gasteiger partial charge in [-0.2, -0.15) is 0 Å². The fourth-order valence-corrected chi connectivity index (χ4v) is 2.75. The van der Waals surface area contributed by atoms with Gasteiger partial charge in [0.05, 0.1) is 11.3 Å². The average molecular weight is 329 g/mol. The Balaban J connectivity index is 1.60. The number of amides is 1. The van der Waals surface area contributed by atoms with Crippen molar-refractivity contribution in [1.29, 1.82) is 0 Å². The summed E-state index contributed by atoms with van der Waals surface area (Å²) >= 11 is 0. The van der Waals surface area contributed by atoms with E-state index in [0.717, 1.165) is 48.9 Å². The van der Waals surface area contributed by atoms with Crippen LogP contribution in [0.25, 0.3) is 0 Å². The predicted molar refractivity (Wildman–Crippen MR) is 90.2 cm³/mol. The Bertz CT molecular complexity index is 681. The normalized spacial score (nSPS) is 15.5. The van der Waals surface area contributed by atoms with Crippen molar-refractivity contribution in [2.75, 3.05) is 33.2 Å². The smallest absolute Gasteiger partial charge is 0.253 e. The van der Waals surface area contributed by atoms with Crippen molar-refractivity contribution in [3.05, 3.63) is 46.8 Å². The first kappa shape index (κ1) is 16.5. The zero-order chi connectivity index (χ0) is 17.1. The summed E-state index contributed by atoms with van der Waals surface area (Å²) in [5.74, 6) is 1.58. The van der Waals surface area contributed by atoms with E-state index in [4.69, 9.17) is 9.26 Å². The number of aryl methyl sites for hydroxylation is 2. The van der Waals surface area contributed by atoms with Crippen molar-refractivity contribution < 1.29 is 14.1 Å². The van der Waals surface area contributed by atoms with Crippen LogP contribution < -0.4 is 4.74 Å². The minimum absolute atomic E-state index is 0.0837. The van der Waals surface area contributed by atoms with Gasteiger partial charge < -0.3 is 19.1 Å². The molecule has 6 heteroatoms. The summed E-state index contributed by atoms with van der Waals surface area (Å²) in [7, 11) is 2.08. The van der Waals surface area contributed by atoms with Gasteiger partial charge in [-0.1, -0.05) is 5.16 Å². The Morgan fingerprint density at radius 2 is 1.83 bits per heavy atom. The van der Waals surface area contributed by atoms with Crippen molar-refractivity contribution in [2.45, 2.75) is 20.5 Å². The molecule has 0 spiro atoms. The van der Waals surface area contributed by atoms with Crippen LogP contribution in [0.15, 0.2) is 28.8 Å². The van der Waals surface area contributed by atoms with E-state index in [9.17, 15) is 4.79 Å². The number of carbonyl (C=O) groups is 1. The summed E-state index contributed by atoms with van der Waals surface area (Å²) in [6.45, 7) is 7.57. The monoisotopic (exact) mass is 329 g/mol. The van der Waals surface area contributed by atoms with Crippen LogP contribution in [0.4, 0.5) is 0 Å². The van der Waals surface area contributed by atoms with Gasteiger partial charge in [-0.3, -0.25) is 4.79 Å². The van der Waals surface area contributed by atoms with Crippen LogP contribution in [0.3, 0.4) is 0 Å². The van der Waals surface area contributed by atoms with E-state index in [0.29, 0.717) is 12.2 Å². The maximum atomic E-state index is 12.5. The number of nitrogens with zero attached hydrogens (tertiary/aromatic N) is 3. The molecule has 1 aromatic heterocycles. The second-order valence-electron chi connectivity index (χ2n) is 6.21. The third kappa shape index (κ3) is 3.59. The summed E-state index contributed by atoms with van der Waals surface area (Å²) in [5.41, 5.74) is 2.51. The lowest BCUT2D eigenvalue weighted by Crippen LogP contribution is -2.47. The van der Waals surface area contributed by atoms with Crippen molar-refractivity contribution in [1.82, 2.24) is 15.0 Å². The van der Waals surface area contributed by atoms with E-state index in [1.165, 1.54) is 0 Å². The number of hydrogen-bond acceptors (Lipinski definition) is 5. The lowest BCUT2D eigenvalue weighted by atomic mass is 10.1. The van der Waals surface area contributed by atoms with E-state index < -0.39 is 0 Å². The van der Waals surface area contributed by atoms with Crippen LogP contribution in [-0.4, -0.2) is 54.1 Å². The highest BCUT2D eigenvalue weighted by Gasteiger charge is 2.20. The van der Waals surface area contributed by atoms with E-state index in [2.05, 4.69) is 17.1 Å². The molecule has 24 heavy (non-hydrogen) atoms. The highest BCUT2D eigenvalue weighted by atomic mass is 16.5. The van der Waals surface area contributed by atoms with Crippen LogP contribution in [-0.2, 0) is 6.61 Å². The highest BCUT2D eigenvalue weighted by Crippen LogP contribution is 2.18. The molecule has 1 aliphatic rings. The topological polar surface area (TPSA) is 58.8 Å². The second kappa shape index (κ2) is 7.05. The molecule has 3 rings (SSSR count). The molecule has 0 radical (unpaired) electrons. The van der Waals surface area contributed by atoms with Crippen LogP contribution in [0, 0.1) is 13.8 Å². The lowest BCUT2D eigenvalue weighted by Gasteiger charge is -2.32. The molecule has 0 aliphatic carbocycles. The molecule has 0 bridgehead atoms. The predicted octanol–water partition coefficient (Wildman–Crippen LogP) is 2.26. The van der Waals surface area contributed by atoms with Gasteiger partial charge in [0, 0.05) is 31.7 Å². The fourth-order valence-electron chi connectivity index (χ4n) is 2.75. The first-order valence-electron chi connectivity index (χ1n) is 8.17. The number of ether oxygens (including phenoxy) is 1. The number of aromatic nitrogens is 1. The van der Waals surface area contributed by atoms with E-state index >= 15 is 0 Å². The molecule has 128 valence electrons. The second-order valence-corrected chi connectivity index (χ2v) is 6.21. The van der Waals surface area contributed by atoms with Crippen LogP contribution in [0.1, 0.15) is 27.4 Å². The first-order chi connectivity index (χ1) is 11.5. The SMILES string of the molecule is Cc1noc(C)c1COc1ccc(C(=O)N2CCN(C)CC2)cc1. The van der Waals surface area contributed by atoms with Gasteiger partial charge in [-0.25, -0.2) is 0 Å². The number of likely N-dealkylation sites (N-methyl/N-ethyl adjacent to an activating group) is 1. The molecular weight excluding hydrogens is 306 g/mol. The van der Waals surface area contributed by atoms with Crippen LogP contribution >= 0.6 is 0 Å². The Morgan fingerprint density at radius 3 is 2.42 bits per heavy atom. The number of piperazine rings is 1. The molecule has 1 aliphatic heterocycles. The third-order valence-corrected chi connectivity index (χ3v) is 4.46. The van der Waals surface area contributed by atoms with Gasteiger partial charge in [0.1, 0.15) is 18.1 Å². The summed E-state index contributed by atoms with van der Waals surface area (Å²) in [4.78, 5) is 16.6. The molecule has 0 N–H and O–H groups in total. The summed E-state index contributed by atoms with van der Waals surface area (Å²) in [5, 5.41) is 3.91. The van der Waals surface area contributed by atoms with Crippen molar-refractivity contribution >= 4 is 5.91 Å². The summed E-state index contributed by atoms with van der Waals surface area (Å²) < 4.78 is 10.9. The minimum Gasteiger partial charge on any atom is -0.489 e. The summed E-state index contributed by atoms with van der Waals surface area (Å²) in [6, 6.07) is 7.32. The molecule has 2 aromatic rings. The van der Waals surface area contributed by atoms with Gasteiger partial charge >= 0.3 is 0 Å². The number of hydrogen-bond donors (Lipinski definition) is 0. The lowest BCUT2D eigenvalue weighted by molar-refractivity contribution is 0.0664. The molecule has 1 fully saturated rings. The third-order valence-electron chi connectivity index (χ3n) is 4.46. The minimum atomic E-state index is 0.0837. The van der Waals surface area contributed by atoms with Gasteiger partial charge in [0.15, 0.2) is 0 Å². The van der Waals surface area contributed by atoms with E-state index in [1.54, 1.807) is 0 Å². The largest absolute Gasteiger partial charge is 0.489 e. The van der Waals surface area contributed by atoms with Crippen LogP contribution in [0.2, 0.25) is 0 Å². The molecule has 1 saturated heterocycles. The molecule has 0 atom stereocenters. The number of benzene rings is 1. The van der Waals surface area contributed by atoms with Gasteiger partial charge in [-0.15, -0.1) is 0 Å². The highest BCUT2D eigenvalue weighted by molar-refractivity contribution is 5.94. The van der Waals surface area contributed by atoms with E-state index in [-0.39, 0.29) is 5.91 Å². The average Bonchev–Trinajstić information content (AvgIpc) is 2.92. The van der Waals surface area contributed by atoms with Crippen LogP contribution in [0.5, 0.6) is 5.75 Å². The van der Waals surface area contributed by atoms with Crippen molar-refractivity contribution in [3.63, 3.8) is 0 Å². The van der Waals surface area contributed by atoms with Gasteiger partial charge in [0.25, 0.3) is 5.91 Å². The number of rotatable bonds is 4. The Kier molecular flexibility index (Phi) is 4.85. The maximum Gasteiger partial charge on any atom is 0.253 e. The van der Waals surface area contributed by atoms with Gasteiger partial charge in [0.2, 0.25) is 0 Å². The zero-order valence-electron chi connectivity index (χ0n) is 14.4. The zero-order valence-corrected chi connectivity index (χ0v) is 14.4. The molecular formula is C18H23N3O3. The molecule has 1 amide bonds. The molecule has 6 nitrogen and oxygen atoms in total. The fraction of sp³-hybridized carbons (Fsp3) is 0.444. The maximum absolute atomic E-state index is 12.5. The Hall–Kier alpha value is -2.34. The molecule has 0 saturated carbocycles. The van der Waals surface area contributed by atoms with E-state index in [1.807, 2.05) is 43.0 Å². The summed E-state index contributed by atoms with van der Waals surface area (Å²) in [6.07, 6.45) is 0. The standard InChI is InChI=1S/C18H23N3O3/c1-13-17(14(2)24-19-13)12-23-16-6-4-15(5-7-16)18(22)21-10-8-20(3)9-11-21/h4-7H,8-12H2,1-3H3.